The molecule has 0 aliphatic rings. The van der Waals surface area contributed by atoms with Gasteiger partial charge in [-0.25, -0.2) is 5.43 Å². The number of nitrogens with zero attached hydrogens (tertiary/aromatic N) is 1. The van der Waals surface area contributed by atoms with Gasteiger partial charge in [-0.05, 0) is 76.2 Å². The van der Waals surface area contributed by atoms with E-state index in [9.17, 15) is 4.79 Å². The molecular weight excluding hydrogens is 559 g/mol. The molecule has 1 amide bonds. The van der Waals surface area contributed by atoms with Crippen LogP contribution in [0, 0.1) is 3.57 Å². The highest BCUT2D eigenvalue weighted by Gasteiger charge is 2.13. The summed E-state index contributed by atoms with van der Waals surface area (Å²) in [5, 5.41) is 4.73. The molecule has 0 aliphatic carbocycles. The summed E-state index contributed by atoms with van der Waals surface area (Å²) in [5.74, 6) is 1.81. The molecule has 0 radical (unpaired) electrons. The maximum absolute atomic E-state index is 12.4. The van der Waals surface area contributed by atoms with Crippen LogP contribution < -0.4 is 24.4 Å². The minimum atomic E-state index is -0.378. The van der Waals surface area contributed by atoms with Crippen LogP contribution in [0.1, 0.15) is 21.5 Å². The van der Waals surface area contributed by atoms with Crippen LogP contribution in [0.3, 0.4) is 0 Å². The van der Waals surface area contributed by atoms with Crippen molar-refractivity contribution < 1.29 is 23.7 Å². The molecule has 0 heterocycles. The van der Waals surface area contributed by atoms with Crippen LogP contribution in [0.2, 0.25) is 5.02 Å². The van der Waals surface area contributed by atoms with Crippen LogP contribution in [-0.2, 0) is 6.61 Å². The van der Waals surface area contributed by atoms with Crippen LogP contribution in [0.5, 0.6) is 23.0 Å². The van der Waals surface area contributed by atoms with E-state index in [1.54, 1.807) is 31.4 Å². The Hall–Kier alpha value is -2.98. The number of carbonyl (C=O) groups is 1. The highest BCUT2D eigenvalue weighted by atomic mass is 127. The predicted molar refractivity (Wildman–Crippen MR) is 136 cm³/mol. The zero-order valence-corrected chi connectivity index (χ0v) is 21.1. The van der Waals surface area contributed by atoms with Crippen molar-refractivity contribution in [1.82, 2.24) is 5.43 Å². The number of amides is 1. The molecule has 0 fully saturated rings. The van der Waals surface area contributed by atoms with Gasteiger partial charge >= 0.3 is 0 Å². The molecule has 0 aliphatic heterocycles. The minimum Gasteiger partial charge on any atom is -0.493 e. The van der Waals surface area contributed by atoms with Crippen molar-refractivity contribution >= 4 is 46.3 Å². The highest BCUT2D eigenvalue weighted by molar-refractivity contribution is 14.1. The zero-order chi connectivity index (χ0) is 23.8. The number of benzene rings is 3. The molecule has 3 aromatic carbocycles. The topological polar surface area (TPSA) is 78.4 Å². The Labute approximate surface area is 210 Å². The first-order valence-corrected chi connectivity index (χ1v) is 11.2. The van der Waals surface area contributed by atoms with E-state index in [0.717, 1.165) is 14.7 Å². The van der Waals surface area contributed by atoms with Gasteiger partial charge in [0.15, 0.2) is 23.0 Å². The maximum atomic E-state index is 12.4. The number of hydrogen-bond acceptors (Lipinski definition) is 6. The molecule has 0 spiro atoms. The van der Waals surface area contributed by atoms with E-state index in [0.29, 0.717) is 40.2 Å². The van der Waals surface area contributed by atoms with Crippen LogP contribution in [0.25, 0.3) is 0 Å². The number of carbonyl (C=O) groups excluding carboxylic acids is 1. The number of hydrogen-bond donors (Lipinski definition) is 1. The molecule has 9 heteroatoms. The van der Waals surface area contributed by atoms with Crippen molar-refractivity contribution in [2.24, 2.45) is 5.10 Å². The average molecular weight is 581 g/mol. The Morgan fingerprint density at radius 1 is 0.970 bits per heavy atom. The Morgan fingerprint density at radius 2 is 1.67 bits per heavy atom. The van der Waals surface area contributed by atoms with Crippen LogP contribution in [-0.4, -0.2) is 33.5 Å². The fraction of sp³-hybridized carbons (Fsp3) is 0.167. The van der Waals surface area contributed by atoms with E-state index in [2.05, 4.69) is 33.1 Å². The Bertz CT molecular complexity index is 1150. The van der Waals surface area contributed by atoms with Crippen molar-refractivity contribution in [3.63, 3.8) is 0 Å². The molecule has 0 aromatic heterocycles. The molecule has 7 nitrogen and oxygen atoms in total. The molecule has 0 bridgehead atoms. The van der Waals surface area contributed by atoms with Crippen molar-refractivity contribution in [3.05, 3.63) is 79.9 Å². The fourth-order valence-corrected chi connectivity index (χ4v) is 3.81. The molecule has 3 rings (SSSR count). The predicted octanol–water partition coefficient (Wildman–Crippen LogP) is 5.31. The number of ether oxygens (including phenoxy) is 4. The summed E-state index contributed by atoms with van der Waals surface area (Å²) >= 11 is 8.10. The lowest BCUT2D eigenvalue weighted by Crippen LogP contribution is -2.17. The van der Waals surface area contributed by atoms with Crippen LogP contribution >= 0.6 is 34.2 Å². The van der Waals surface area contributed by atoms with Gasteiger partial charge in [0.25, 0.3) is 5.91 Å². The third-order valence-corrected chi connectivity index (χ3v) is 5.63. The normalized spacial score (nSPS) is 10.7. The van der Waals surface area contributed by atoms with E-state index in [-0.39, 0.29) is 5.91 Å². The van der Waals surface area contributed by atoms with Gasteiger partial charge in [-0.3, -0.25) is 4.79 Å². The maximum Gasteiger partial charge on any atom is 0.271 e. The van der Waals surface area contributed by atoms with E-state index in [1.165, 1.54) is 20.4 Å². The van der Waals surface area contributed by atoms with Crippen molar-refractivity contribution in [3.8, 4) is 23.0 Å². The van der Waals surface area contributed by atoms with E-state index >= 15 is 0 Å². The number of rotatable bonds is 9. The molecule has 3 aromatic rings. The fourth-order valence-electron chi connectivity index (χ4n) is 2.90. The summed E-state index contributed by atoms with van der Waals surface area (Å²) in [7, 11) is 4.61. The van der Waals surface area contributed by atoms with E-state index in [1.807, 2.05) is 30.3 Å². The first-order chi connectivity index (χ1) is 15.9. The molecule has 1 N–H and O–H groups in total. The summed E-state index contributed by atoms with van der Waals surface area (Å²) in [6.07, 6.45) is 1.53. The quantitative estimate of drug-likeness (QED) is 0.211. The molecular formula is C24H22ClIN2O5. The average Bonchev–Trinajstić information content (AvgIpc) is 2.83. The van der Waals surface area contributed by atoms with Gasteiger partial charge in [-0.15, -0.1) is 0 Å². The summed E-state index contributed by atoms with van der Waals surface area (Å²) < 4.78 is 22.7. The lowest BCUT2D eigenvalue weighted by Gasteiger charge is -2.13. The second kappa shape index (κ2) is 11.8. The van der Waals surface area contributed by atoms with Crippen LogP contribution in [0.15, 0.2) is 59.7 Å². The first kappa shape index (κ1) is 24.7. The number of halogens is 2. The highest BCUT2D eigenvalue weighted by Crippen LogP contribution is 2.34. The van der Waals surface area contributed by atoms with Crippen molar-refractivity contribution in [2.45, 2.75) is 6.61 Å². The molecule has 0 atom stereocenters. The monoisotopic (exact) mass is 580 g/mol. The lowest BCUT2D eigenvalue weighted by atomic mass is 10.2. The van der Waals surface area contributed by atoms with Gasteiger partial charge in [-0.2, -0.15) is 5.10 Å². The molecule has 0 unspecified atom stereocenters. The Balaban J connectivity index is 1.68. The minimum absolute atomic E-state index is 0.373. The van der Waals surface area contributed by atoms with Gasteiger partial charge in [0, 0.05) is 10.6 Å². The van der Waals surface area contributed by atoms with Gasteiger partial charge in [0.05, 0.1) is 31.1 Å². The molecule has 0 saturated heterocycles. The standard InChI is InChI=1S/C24H22ClIN2O5/c1-30-20-9-6-17(12-21(20)31-2)24(29)28-27-13-16-10-19(26)23(22(11-16)32-3)33-14-15-4-7-18(25)8-5-15/h4-13H,14H2,1-3H3,(H,28,29)/b27-13+. The largest absolute Gasteiger partial charge is 0.493 e. The number of methoxy groups -OCH3 is 3. The Morgan fingerprint density at radius 3 is 2.33 bits per heavy atom. The third kappa shape index (κ3) is 6.52. The van der Waals surface area contributed by atoms with Gasteiger partial charge in [0.2, 0.25) is 0 Å². The van der Waals surface area contributed by atoms with Crippen LogP contribution in [0.4, 0.5) is 0 Å². The van der Waals surface area contributed by atoms with Crippen molar-refractivity contribution in [1.29, 1.82) is 0 Å². The lowest BCUT2D eigenvalue weighted by molar-refractivity contribution is 0.0954. The molecule has 33 heavy (non-hydrogen) atoms. The van der Waals surface area contributed by atoms with Gasteiger partial charge in [0.1, 0.15) is 6.61 Å². The summed E-state index contributed by atoms with van der Waals surface area (Å²) in [4.78, 5) is 12.4. The summed E-state index contributed by atoms with van der Waals surface area (Å²) in [5.41, 5.74) is 4.62. The molecule has 172 valence electrons. The molecule has 0 saturated carbocycles. The summed E-state index contributed by atoms with van der Waals surface area (Å²) in [6.45, 7) is 0.373. The van der Waals surface area contributed by atoms with E-state index < -0.39 is 0 Å². The SMILES string of the molecule is COc1ccc(C(=O)N/N=C/c2cc(I)c(OCc3ccc(Cl)cc3)c(OC)c2)cc1OC. The number of nitrogens with one attached hydrogen (secondary N) is 1. The smallest absolute Gasteiger partial charge is 0.271 e. The van der Waals surface area contributed by atoms with Gasteiger partial charge in [-0.1, -0.05) is 23.7 Å². The van der Waals surface area contributed by atoms with Gasteiger partial charge < -0.3 is 18.9 Å². The second-order valence-corrected chi connectivity index (χ2v) is 8.32. The Kier molecular flexibility index (Phi) is 8.79. The second-order valence-electron chi connectivity index (χ2n) is 6.72. The van der Waals surface area contributed by atoms with Crippen molar-refractivity contribution in [2.75, 3.05) is 21.3 Å². The summed E-state index contributed by atoms with van der Waals surface area (Å²) in [6, 6.07) is 16.0. The number of hydrazone groups is 1. The zero-order valence-electron chi connectivity index (χ0n) is 18.2. The first-order valence-electron chi connectivity index (χ1n) is 9.75. The van der Waals surface area contributed by atoms with E-state index in [4.69, 9.17) is 30.5 Å². The third-order valence-electron chi connectivity index (χ3n) is 4.57.